The van der Waals surface area contributed by atoms with Gasteiger partial charge in [0.05, 0.1) is 0 Å². The Morgan fingerprint density at radius 1 is 0.407 bits per heavy atom. The summed E-state index contributed by atoms with van der Waals surface area (Å²) in [7, 11) is 0. The first kappa shape index (κ1) is 31.4. The van der Waals surface area contributed by atoms with Crippen molar-refractivity contribution in [1.29, 1.82) is 0 Å². The van der Waals surface area contributed by atoms with Gasteiger partial charge in [0.25, 0.3) is 0 Å². The van der Waals surface area contributed by atoms with Gasteiger partial charge in [-0.1, -0.05) is 0 Å². The summed E-state index contributed by atoms with van der Waals surface area (Å²) in [6.45, 7) is 0. The zero-order chi connectivity index (χ0) is 21.7. The second kappa shape index (κ2) is 11.0. The van der Waals surface area contributed by atoms with Crippen molar-refractivity contribution in [2.24, 2.45) is 0 Å². The molecule has 0 aromatic carbocycles. The third-order valence-corrected chi connectivity index (χ3v) is 2.40. The molecule has 0 aliphatic carbocycles. The molecule has 0 bridgehead atoms. The van der Waals surface area contributed by atoms with Crippen LogP contribution < -0.4 is 0 Å². The van der Waals surface area contributed by atoms with Crippen LogP contribution >= 0.6 is 0 Å². The number of hydrogen-bond acceptors (Lipinski definition) is 4. The smallest absolute Gasteiger partial charge is 0.384 e. The largest absolute Gasteiger partial charge is 0.414 e. The molecule has 0 spiro atoms. The van der Waals surface area contributed by atoms with Crippen molar-refractivity contribution in [2.75, 3.05) is 0 Å². The normalized spacial score (nSPS) is 17.8. The first-order chi connectivity index (χ1) is 11.1. The van der Waals surface area contributed by atoms with Crippen LogP contribution in [0, 0.1) is 0 Å². The van der Waals surface area contributed by atoms with E-state index in [-0.39, 0.29) is 20.4 Å². The Kier molecular flexibility index (Phi) is 12.8. The predicted octanol–water partition coefficient (Wildman–Crippen LogP) is 2.44. The first-order valence-corrected chi connectivity index (χ1v) is 6.09. The van der Waals surface area contributed by atoms with E-state index in [0.717, 1.165) is 0 Å². The maximum atomic E-state index is 11.5. The Bertz CT molecular complexity index is 331. The van der Waals surface area contributed by atoms with E-state index >= 15 is 0 Å². The molecule has 170 valence electrons. The van der Waals surface area contributed by atoms with Crippen molar-refractivity contribution >= 4 is 0 Å². The van der Waals surface area contributed by atoms with Crippen LogP contribution in [-0.2, 0) is 20.4 Å². The van der Waals surface area contributed by atoms with Gasteiger partial charge in [-0.3, -0.25) is 0 Å². The van der Waals surface area contributed by atoms with E-state index in [9.17, 15) is 52.7 Å². The molecule has 4 atom stereocenters. The fraction of sp³-hybridized carbons (Fsp3) is 1.00. The van der Waals surface area contributed by atoms with Crippen molar-refractivity contribution in [3.05, 3.63) is 0 Å². The molecule has 0 radical (unpaired) electrons. The van der Waals surface area contributed by atoms with Crippen LogP contribution in [0.3, 0.4) is 0 Å². The molecule has 0 rings (SSSR count). The zero-order valence-electron chi connectivity index (χ0n) is 12.4. The van der Waals surface area contributed by atoms with Gasteiger partial charge in [-0.2, -0.15) is 52.7 Å². The molecule has 0 fully saturated rings. The minimum atomic E-state index is -5.15. The summed E-state index contributed by atoms with van der Waals surface area (Å²) in [5.41, 5.74) is 0. The van der Waals surface area contributed by atoms with Crippen LogP contribution in [0.15, 0.2) is 0 Å². The molecule has 27 heavy (non-hydrogen) atoms. The Morgan fingerprint density at radius 2 is 0.519 bits per heavy atom. The van der Waals surface area contributed by atoms with Crippen LogP contribution in [0.1, 0.15) is 12.8 Å². The third kappa shape index (κ3) is 14.3. The zero-order valence-corrected chi connectivity index (χ0v) is 13.9. The molecule has 0 heterocycles. The van der Waals surface area contributed by atoms with Crippen molar-refractivity contribution in [3.63, 3.8) is 0 Å². The Hall–Kier alpha value is -0.338. The predicted molar refractivity (Wildman–Crippen MR) is 57.5 cm³/mol. The minimum Gasteiger partial charge on any atom is -0.384 e. The second-order valence-corrected chi connectivity index (χ2v) is 4.70. The van der Waals surface area contributed by atoms with Crippen molar-refractivity contribution in [1.82, 2.24) is 0 Å². The summed E-state index contributed by atoms with van der Waals surface area (Å²) in [4.78, 5) is 0. The Balaban J connectivity index is -0.000000411. The number of halogens is 12. The number of rotatable bonds is 4. The van der Waals surface area contributed by atoms with Crippen LogP contribution in [0.2, 0.25) is 0 Å². The SMILES string of the molecule is OC(CC(O)C(F)(F)F)C(F)(F)F.OC(CC(O)C(F)(F)F)C(F)(F)F.[Pd]. The summed E-state index contributed by atoms with van der Waals surface area (Å²) in [6.07, 6.45) is -36.8. The molecule has 4 N–H and O–H groups in total. The van der Waals surface area contributed by atoms with Crippen molar-refractivity contribution in [2.45, 2.75) is 62.0 Å². The van der Waals surface area contributed by atoms with E-state index < -0.39 is 62.0 Å². The average molecular weight is 531 g/mol. The van der Waals surface area contributed by atoms with Gasteiger partial charge in [-0.15, -0.1) is 0 Å². The van der Waals surface area contributed by atoms with Gasteiger partial charge < -0.3 is 20.4 Å². The topological polar surface area (TPSA) is 80.9 Å². The number of hydrogen-bond donors (Lipinski definition) is 4. The van der Waals surface area contributed by atoms with Gasteiger partial charge in [0, 0.05) is 33.3 Å². The van der Waals surface area contributed by atoms with E-state index in [4.69, 9.17) is 20.4 Å². The van der Waals surface area contributed by atoms with Crippen LogP contribution in [-0.4, -0.2) is 69.5 Å². The van der Waals surface area contributed by atoms with Crippen molar-refractivity contribution < 1.29 is 93.5 Å². The molecule has 0 aromatic rings. The van der Waals surface area contributed by atoms with Gasteiger partial charge in [0.15, 0.2) is 24.4 Å². The molecular formula is C10H12F12O4Pd. The number of alkyl halides is 12. The number of aliphatic hydroxyl groups is 4. The minimum absolute atomic E-state index is 0. The summed E-state index contributed by atoms with van der Waals surface area (Å²) >= 11 is 0. The standard InChI is InChI=1S/2C5H6F6O2.Pd/c2*6-4(7,8)2(12)1-3(13)5(9,10)11;/h2*2-3,12-13H,1H2;. The molecule has 17 heteroatoms. The molecule has 0 aromatic heterocycles. The average Bonchev–Trinajstić information content (AvgIpc) is 2.34. The molecular weight excluding hydrogens is 519 g/mol. The van der Waals surface area contributed by atoms with Gasteiger partial charge >= 0.3 is 24.7 Å². The Morgan fingerprint density at radius 3 is 0.593 bits per heavy atom. The molecule has 4 nitrogen and oxygen atoms in total. The molecule has 0 aliphatic rings. The van der Waals surface area contributed by atoms with Gasteiger partial charge in [-0.05, 0) is 0 Å². The van der Waals surface area contributed by atoms with E-state index in [1.54, 1.807) is 0 Å². The number of aliphatic hydroxyl groups excluding tert-OH is 4. The van der Waals surface area contributed by atoms with Crippen molar-refractivity contribution in [3.8, 4) is 0 Å². The summed E-state index contributed by atoms with van der Waals surface area (Å²) < 4.78 is 138. The van der Waals surface area contributed by atoms with Crippen LogP contribution in [0.4, 0.5) is 52.7 Å². The first-order valence-electron chi connectivity index (χ1n) is 6.09. The van der Waals surface area contributed by atoms with Gasteiger partial charge in [0.1, 0.15) is 0 Å². The Labute approximate surface area is 156 Å². The molecule has 0 amide bonds. The third-order valence-electron chi connectivity index (χ3n) is 2.40. The summed E-state index contributed by atoms with van der Waals surface area (Å²) in [5.74, 6) is 0. The molecule has 0 saturated carbocycles. The van der Waals surface area contributed by atoms with Gasteiger partial charge in [-0.25, -0.2) is 0 Å². The molecule has 4 unspecified atom stereocenters. The van der Waals surface area contributed by atoms with Crippen LogP contribution in [0.25, 0.3) is 0 Å². The van der Waals surface area contributed by atoms with E-state index in [1.165, 1.54) is 0 Å². The van der Waals surface area contributed by atoms with E-state index in [2.05, 4.69) is 0 Å². The van der Waals surface area contributed by atoms with E-state index in [1.807, 2.05) is 0 Å². The quantitative estimate of drug-likeness (QED) is 0.333. The second-order valence-electron chi connectivity index (χ2n) is 4.70. The fourth-order valence-corrected chi connectivity index (χ4v) is 0.957. The van der Waals surface area contributed by atoms with Gasteiger partial charge in [0.2, 0.25) is 0 Å². The van der Waals surface area contributed by atoms with E-state index in [0.29, 0.717) is 0 Å². The maximum Gasteiger partial charge on any atom is 0.414 e. The molecule has 0 aliphatic heterocycles. The maximum absolute atomic E-state index is 11.5. The summed E-state index contributed by atoms with van der Waals surface area (Å²) in [6, 6.07) is 0. The molecule has 0 saturated heterocycles. The van der Waals surface area contributed by atoms with Crippen LogP contribution in [0.5, 0.6) is 0 Å². The summed E-state index contributed by atoms with van der Waals surface area (Å²) in [5, 5.41) is 32.5. The monoisotopic (exact) mass is 530 g/mol. The fourth-order valence-electron chi connectivity index (χ4n) is 0.957.